The van der Waals surface area contributed by atoms with E-state index in [1.54, 1.807) is 0 Å². The molecule has 0 fully saturated rings. The van der Waals surface area contributed by atoms with E-state index in [1.165, 1.54) is 12.5 Å². The van der Waals surface area contributed by atoms with Gasteiger partial charge in [0.2, 0.25) is 16.6 Å². The summed E-state index contributed by atoms with van der Waals surface area (Å²) in [6, 6.07) is 0. The van der Waals surface area contributed by atoms with Crippen LogP contribution in [0.25, 0.3) is 0 Å². The van der Waals surface area contributed by atoms with E-state index in [1.807, 2.05) is 0 Å². The summed E-state index contributed by atoms with van der Waals surface area (Å²) in [5.41, 5.74) is 0. The molecule has 0 heterocycles. The summed E-state index contributed by atoms with van der Waals surface area (Å²) in [4.78, 5) is 0. The summed E-state index contributed by atoms with van der Waals surface area (Å²) in [6.07, 6.45) is 4.21. The standard InChI is InChI=1S/C10H22O3Si2/c1-7-11-9-14(3,4)13-15(5,6)10-12-8-2/h7-8H,1-2,9-10H2,3-6H3. The molecule has 0 aliphatic heterocycles. The Morgan fingerprint density at radius 1 is 0.867 bits per heavy atom. The van der Waals surface area contributed by atoms with Gasteiger partial charge in [-0.1, -0.05) is 13.2 Å². The van der Waals surface area contributed by atoms with Crippen molar-refractivity contribution in [1.82, 2.24) is 0 Å². The normalized spacial score (nSPS) is 12.0. The molecule has 0 amide bonds. The van der Waals surface area contributed by atoms with E-state index in [9.17, 15) is 0 Å². The van der Waals surface area contributed by atoms with Crippen LogP contribution in [0.5, 0.6) is 0 Å². The highest BCUT2D eigenvalue weighted by Crippen LogP contribution is 2.15. The van der Waals surface area contributed by atoms with Gasteiger partial charge < -0.3 is 13.6 Å². The van der Waals surface area contributed by atoms with Crippen molar-refractivity contribution in [3.63, 3.8) is 0 Å². The molecule has 0 bridgehead atoms. The van der Waals surface area contributed by atoms with Gasteiger partial charge in [0.1, 0.15) is 12.5 Å². The fourth-order valence-corrected chi connectivity index (χ4v) is 8.82. The van der Waals surface area contributed by atoms with Crippen LogP contribution in [0.2, 0.25) is 26.2 Å². The molecule has 0 saturated heterocycles. The van der Waals surface area contributed by atoms with Crippen LogP contribution in [0.3, 0.4) is 0 Å². The fraction of sp³-hybridized carbons (Fsp3) is 0.600. The van der Waals surface area contributed by atoms with Gasteiger partial charge in [-0.25, -0.2) is 0 Å². The van der Waals surface area contributed by atoms with Gasteiger partial charge in [-0.05, 0) is 26.2 Å². The van der Waals surface area contributed by atoms with Crippen molar-refractivity contribution in [2.75, 3.05) is 12.5 Å². The first-order chi connectivity index (χ1) is 6.83. The largest absolute Gasteiger partial charge is 0.502 e. The Kier molecular flexibility index (Phi) is 5.93. The first-order valence-electron chi connectivity index (χ1n) is 4.98. The van der Waals surface area contributed by atoms with Crippen LogP contribution < -0.4 is 0 Å². The Hall–Kier alpha value is -0.526. The van der Waals surface area contributed by atoms with Crippen LogP contribution in [0.1, 0.15) is 0 Å². The maximum absolute atomic E-state index is 6.16. The molecule has 0 radical (unpaired) electrons. The number of hydrogen-bond donors (Lipinski definition) is 0. The minimum Gasteiger partial charge on any atom is -0.502 e. The van der Waals surface area contributed by atoms with Gasteiger partial charge in [-0.15, -0.1) is 0 Å². The van der Waals surface area contributed by atoms with Crippen molar-refractivity contribution in [3.05, 3.63) is 25.7 Å². The lowest BCUT2D eigenvalue weighted by molar-refractivity contribution is 0.269. The van der Waals surface area contributed by atoms with E-state index >= 15 is 0 Å². The minimum absolute atomic E-state index is 0.640. The molecule has 0 unspecified atom stereocenters. The SMILES string of the molecule is C=COC[Si](C)(C)O[Si](C)(C)COC=C. The summed E-state index contributed by atoms with van der Waals surface area (Å²) in [5, 5.41) is 0. The predicted molar refractivity (Wildman–Crippen MR) is 68.3 cm³/mol. The van der Waals surface area contributed by atoms with Crippen LogP contribution in [0, 0.1) is 0 Å². The van der Waals surface area contributed by atoms with Crippen molar-refractivity contribution >= 4 is 16.6 Å². The third kappa shape index (κ3) is 7.41. The van der Waals surface area contributed by atoms with Crippen LogP contribution >= 0.6 is 0 Å². The lowest BCUT2D eigenvalue weighted by Gasteiger charge is -2.32. The zero-order valence-electron chi connectivity index (χ0n) is 10.2. The van der Waals surface area contributed by atoms with E-state index < -0.39 is 16.6 Å². The Labute approximate surface area is 95.0 Å². The molecular weight excluding hydrogens is 224 g/mol. The number of rotatable bonds is 8. The highest BCUT2D eigenvalue weighted by Gasteiger charge is 2.34. The Morgan fingerprint density at radius 2 is 1.20 bits per heavy atom. The molecule has 0 saturated carbocycles. The molecule has 0 aromatic rings. The summed E-state index contributed by atoms with van der Waals surface area (Å²) in [6.45, 7) is 15.6. The third-order valence-electron chi connectivity index (χ3n) is 1.65. The predicted octanol–water partition coefficient (Wildman–Crippen LogP) is 2.81. The second-order valence-corrected chi connectivity index (χ2v) is 13.0. The second kappa shape index (κ2) is 6.14. The summed E-state index contributed by atoms with van der Waals surface area (Å²) < 4.78 is 16.6. The monoisotopic (exact) mass is 246 g/mol. The topological polar surface area (TPSA) is 27.7 Å². The third-order valence-corrected chi connectivity index (χ3v) is 7.79. The number of ether oxygens (including phenoxy) is 2. The van der Waals surface area contributed by atoms with E-state index in [0.29, 0.717) is 12.5 Å². The van der Waals surface area contributed by atoms with Crippen LogP contribution in [-0.4, -0.2) is 29.1 Å². The first-order valence-corrected chi connectivity index (χ1v) is 11.2. The molecule has 0 aromatic carbocycles. The zero-order valence-corrected chi connectivity index (χ0v) is 12.2. The average molecular weight is 246 g/mol. The molecule has 0 N–H and O–H groups in total. The van der Waals surface area contributed by atoms with Crippen LogP contribution in [0.15, 0.2) is 25.7 Å². The lowest BCUT2D eigenvalue weighted by atomic mass is 11.2. The molecule has 3 nitrogen and oxygen atoms in total. The Balaban J connectivity index is 4.15. The lowest BCUT2D eigenvalue weighted by Crippen LogP contribution is -2.50. The molecule has 0 atom stereocenters. The van der Waals surface area contributed by atoms with Gasteiger partial charge in [-0.2, -0.15) is 0 Å². The summed E-state index contributed by atoms with van der Waals surface area (Å²) in [7, 11) is -3.51. The Bertz CT molecular complexity index is 193. The maximum atomic E-state index is 6.16. The van der Waals surface area contributed by atoms with Gasteiger partial charge in [0.25, 0.3) is 0 Å². The molecule has 0 rings (SSSR count). The Morgan fingerprint density at radius 3 is 1.47 bits per heavy atom. The molecule has 0 aliphatic carbocycles. The molecular formula is C10H22O3Si2. The van der Waals surface area contributed by atoms with Crippen LogP contribution in [-0.2, 0) is 13.6 Å². The molecule has 88 valence electrons. The van der Waals surface area contributed by atoms with Crippen molar-refractivity contribution in [2.24, 2.45) is 0 Å². The summed E-state index contributed by atoms with van der Waals surface area (Å²) >= 11 is 0. The van der Waals surface area contributed by atoms with Gasteiger partial charge in [0, 0.05) is 0 Å². The van der Waals surface area contributed by atoms with Gasteiger partial charge in [0.15, 0.2) is 0 Å². The molecule has 0 aliphatic rings. The molecule has 15 heavy (non-hydrogen) atoms. The van der Waals surface area contributed by atoms with E-state index in [-0.39, 0.29) is 0 Å². The highest BCUT2D eigenvalue weighted by atomic mass is 28.4. The van der Waals surface area contributed by atoms with Crippen LogP contribution in [0.4, 0.5) is 0 Å². The summed E-state index contributed by atoms with van der Waals surface area (Å²) in [5.74, 6) is 0. The first kappa shape index (κ1) is 14.5. The van der Waals surface area contributed by atoms with E-state index in [0.717, 1.165) is 0 Å². The van der Waals surface area contributed by atoms with Crippen molar-refractivity contribution < 1.29 is 13.6 Å². The maximum Gasteiger partial charge on any atom is 0.213 e. The second-order valence-electron chi connectivity index (χ2n) is 4.58. The quantitative estimate of drug-likeness (QED) is 0.487. The zero-order chi connectivity index (χ0) is 11.9. The molecule has 5 heteroatoms. The molecule has 0 aromatic heterocycles. The fourth-order valence-electron chi connectivity index (χ4n) is 1.33. The van der Waals surface area contributed by atoms with E-state index in [4.69, 9.17) is 13.6 Å². The van der Waals surface area contributed by atoms with Gasteiger partial charge in [-0.3, -0.25) is 0 Å². The van der Waals surface area contributed by atoms with Gasteiger partial charge >= 0.3 is 0 Å². The van der Waals surface area contributed by atoms with Crippen molar-refractivity contribution in [3.8, 4) is 0 Å². The average Bonchev–Trinajstić information content (AvgIpc) is 2.10. The van der Waals surface area contributed by atoms with Gasteiger partial charge in [0.05, 0.1) is 12.5 Å². The minimum atomic E-state index is -1.76. The van der Waals surface area contributed by atoms with Crippen molar-refractivity contribution in [1.29, 1.82) is 0 Å². The number of hydrogen-bond acceptors (Lipinski definition) is 3. The highest BCUT2D eigenvalue weighted by molar-refractivity contribution is 6.84. The van der Waals surface area contributed by atoms with E-state index in [2.05, 4.69) is 39.3 Å². The molecule has 0 spiro atoms. The smallest absolute Gasteiger partial charge is 0.213 e. The van der Waals surface area contributed by atoms with Crippen molar-refractivity contribution in [2.45, 2.75) is 26.2 Å².